The Balaban J connectivity index is 0.000000320. The highest BCUT2D eigenvalue weighted by molar-refractivity contribution is 5.85. The molecule has 0 radical (unpaired) electrons. The Morgan fingerprint density at radius 2 is 2.38 bits per heavy atom. The molecule has 2 aliphatic heterocycles. The Morgan fingerprint density at radius 1 is 1.50 bits per heavy atom. The van der Waals surface area contributed by atoms with Crippen molar-refractivity contribution in [3.8, 4) is 0 Å². The zero-order valence-corrected chi connectivity index (χ0v) is 5.41. The third kappa shape index (κ3) is 0.835. The van der Waals surface area contributed by atoms with E-state index >= 15 is 0 Å². The molecule has 0 saturated carbocycles. The monoisotopic (exact) mass is 135 g/mol. The first kappa shape index (κ1) is 6.33. The number of halogens is 1. The molecule has 2 heterocycles. The Bertz CT molecular complexity index is 70.5. The van der Waals surface area contributed by atoms with Crippen LogP contribution in [0.2, 0.25) is 0 Å². The molecule has 0 aromatic heterocycles. The van der Waals surface area contributed by atoms with Crippen LogP contribution in [0, 0.1) is 0 Å². The van der Waals surface area contributed by atoms with E-state index in [0.29, 0.717) is 12.1 Å². The van der Waals surface area contributed by atoms with Gasteiger partial charge in [-0.2, -0.15) is 0 Å². The molecule has 2 atom stereocenters. The molecule has 2 bridgehead atoms. The maximum absolute atomic E-state index is 5.29. The van der Waals surface area contributed by atoms with E-state index in [4.69, 9.17) is 4.74 Å². The molecule has 0 aromatic carbocycles. The van der Waals surface area contributed by atoms with Gasteiger partial charge in [-0.25, -0.2) is 0 Å². The molecule has 0 amide bonds. The average Bonchev–Trinajstić information content (AvgIpc) is 2.22. The maximum atomic E-state index is 5.29. The molecule has 0 aromatic rings. The molecular weight excluding hydrogens is 126 g/mol. The van der Waals surface area contributed by atoms with Crippen molar-refractivity contribution in [1.29, 1.82) is 0 Å². The minimum Gasteiger partial charge on any atom is -0.375 e. The quantitative estimate of drug-likeness (QED) is 0.511. The number of ether oxygens (including phenoxy) is 1. The Labute approximate surface area is 55.0 Å². The van der Waals surface area contributed by atoms with E-state index < -0.39 is 0 Å². The number of hydrogen-bond acceptors (Lipinski definition) is 2. The van der Waals surface area contributed by atoms with Crippen LogP contribution in [0.4, 0.5) is 0 Å². The van der Waals surface area contributed by atoms with Crippen LogP contribution in [-0.2, 0) is 4.74 Å². The molecule has 2 rings (SSSR count). The Kier molecular flexibility index (Phi) is 1.75. The van der Waals surface area contributed by atoms with E-state index in [2.05, 4.69) is 5.32 Å². The summed E-state index contributed by atoms with van der Waals surface area (Å²) in [5, 5.41) is 3.33. The fourth-order valence-corrected chi connectivity index (χ4v) is 1.29. The van der Waals surface area contributed by atoms with Crippen LogP contribution in [0.15, 0.2) is 0 Å². The number of rotatable bonds is 0. The summed E-state index contributed by atoms with van der Waals surface area (Å²) in [7, 11) is 0. The molecule has 8 heavy (non-hydrogen) atoms. The van der Waals surface area contributed by atoms with Gasteiger partial charge in [-0.3, -0.25) is 0 Å². The molecule has 2 aliphatic rings. The average molecular weight is 136 g/mol. The summed E-state index contributed by atoms with van der Waals surface area (Å²) in [6, 6.07) is 0.699. The van der Waals surface area contributed by atoms with Gasteiger partial charge in [0.05, 0.1) is 12.7 Å². The van der Waals surface area contributed by atoms with Gasteiger partial charge in [0.25, 0.3) is 0 Å². The van der Waals surface area contributed by atoms with Crippen LogP contribution < -0.4 is 5.32 Å². The van der Waals surface area contributed by atoms with Gasteiger partial charge in [-0.15, -0.1) is 12.4 Å². The number of nitrogens with one attached hydrogen (secondary N) is 1. The van der Waals surface area contributed by atoms with Gasteiger partial charge in [0, 0.05) is 12.6 Å². The lowest BCUT2D eigenvalue weighted by Gasteiger charge is -2.09. The smallest absolute Gasteiger partial charge is 0.0716 e. The van der Waals surface area contributed by atoms with E-state index in [9.17, 15) is 0 Å². The first-order chi connectivity index (χ1) is 3.45. The van der Waals surface area contributed by atoms with Gasteiger partial charge < -0.3 is 10.1 Å². The Morgan fingerprint density at radius 3 is 2.50 bits per heavy atom. The molecule has 2 nitrogen and oxygen atoms in total. The van der Waals surface area contributed by atoms with Crippen LogP contribution >= 0.6 is 12.4 Å². The van der Waals surface area contributed by atoms with E-state index in [-0.39, 0.29) is 12.4 Å². The zero-order valence-electron chi connectivity index (χ0n) is 4.59. The van der Waals surface area contributed by atoms with E-state index in [0.717, 1.165) is 13.2 Å². The third-order valence-corrected chi connectivity index (χ3v) is 1.71. The second kappa shape index (κ2) is 2.21. The van der Waals surface area contributed by atoms with Gasteiger partial charge in [-0.05, 0) is 6.42 Å². The molecule has 2 unspecified atom stereocenters. The van der Waals surface area contributed by atoms with Gasteiger partial charge in [0.15, 0.2) is 0 Å². The van der Waals surface area contributed by atoms with Gasteiger partial charge in [-0.1, -0.05) is 0 Å². The summed E-state index contributed by atoms with van der Waals surface area (Å²) in [5.74, 6) is 0. The van der Waals surface area contributed by atoms with Crippen molar-refractivity contribution in [2.45, 2.75) is 18.6 Å². The standard InChI is InChI=1S/C5H9NO.ClH/c1-4-3-7-5(1)2-6-4;/h4-6H,1-3H2;1H. The first-order valence-corrected chi connectivity index (χ1v) is 2.80. The molecule has 48 valence electrons. The molecule has 0 aliphatic carbocycles. The SMILES string of the molecule is C1OC2CNC1C2.Cl. The fraction of sp³-hybridized carbons (Fsp3) is 1.00. The van der Waals surface area contributed by atoms with Crippen LogP contribution in [-0.4, -0.2) is 25.3 Å². The highest BCUT2D eigenvalue weighted by atomic mass is 35.5. The van der Waals surface area contributed by atoms with Crippen LogP contribution in [0.3, 0.4) is 0 Å². The lowest BCUT2D eigenvalue weighted by molar-refractivity contribution is 0.0892. The summed E-state index contributed by atoms with van der Waals surface area (Å²) in [5.41, 5.74) is 0. The molecule has 1 N–H and O–H groups in total. The summed E-state index contributed by atoms with van der Waals surface area (Å²) in [6.07, 6.45) is 1.81. The van der Waals surface area contributed by atoms with Gasteiger partial charge in [0.2, 0.25) is 0 Å². The minimum atomic E-state index is 0. The summed E-state index contributed by atoms with van der Waals surface area (Å²) >= 11 is 0. The fourth-order valence-electron chi connectivity index (χ4n) is 1.29. The largest absolute Gasteiger partial charge is 0.375 e. The minimum absolute atomic E-state index is 0. The summed E-state index contributed by atoms with van der Waals surface area (Å²) < 4.78 is 5.29. The topological polar surface area (TPSA) is 21.3 Å². The number of hydrogen-bond donors (Lipinski definition) is 1. The lowest BCUT2D eigenvalue weighted by atomic mass is 10.3. The van der Waals surface area contributed by atoms with Crippen LogP contribution in [0.5, 0.6) is 0 Å². The zero-order chi connectivity index (χ0) is 4.69. The Hall–Kier alpha value is 0.210. The van der Waals surface area contributed by atoms with Crippen molar-refractivity contribution >= 4 is 12.4 Å². The van der Waals surface area contributed by atoms with Gasteiger partial charge in [0.1, 0.15) is 0 Å². The highest BCUT2D eigenvalue weighted by Crippen LogP contribution is 2.17. The molecule has 2 fully saturated rings. The van der Waals surface area contributed by atoms with E-state index in [1.165, 1.54) is 6.42 Å². The molecule has 0 spiro atoms. The molecular formula is C5H10ClNO. The predicted molar refractivity (Wildman–Crippen MR) is 33.4 cm³/mol. The predicted octanol–water partition coefficient (Wildman–Crippen LogP) is 0.169. The maximum Gasteiger partial charge on any atom is 0.0716 e. The molecule has 2 saturated heterocycles. The third-order valence-electron chi connectivity index (χ3n) is 1.71. The van der Waals surface area contributed by atoms with Crippen molar-refractivity contribution < 1.29 is 4.74 Å². The lowest BCUT2D eigenvalue weighted by Crippen LogP contribution is -2.30. The number of fused-ring (bicyclic) bond motifs is 2. The summed E-state index contributed by atoms with van der Waals surface area (Å²) in [6.45, 7) is 2.04. The van der Waals surface area contributed by atoms with E-state index in [1.807, 2.05) is 0 Å². The van der Waals surface area contributed by atoms with Crippen molar-refractivity contribution in [2.24, 2.45) is 0 Å². The normalized spacial score (nSPS) is 42.0. The highest BCUT2D eigenvalue weighted by Gasteiger charge is 2.31. The van der Waals surface area contributed by atoms with Crippen LogP contribution in [0.25, 0.3) is 0 Å². The molecule has 3 heteroatoms. The van der Waals surface area contributed by atoms with Crippen molar-refractivity contribution in [2.75, 3.05) is 13.2 Å². The van der Waals surface area contributed by atoms with Crippen molar-refractivity contribution in [3.63, 3.8) is 0 Å². The van der Waals surface area contributed by atoms with Crippen molar-refractivity contribution in [1.82, 2.24) is 5.32 Å². The second-order valence-corrected chi connectivity index (χ2v) is 2.30. The van der Waals surface area contributed by atoms with Crippen LogP contribution in [0.1, 0.15) is 6.42 Å². The van der Waals surface area contributed by atoms with Crippen molar-refractivity contribution in [3.05, 3.63) is 0 Å². The first-order valence-electron chi connectivity index (χ1n) is 2.80. The van der Waals surface area contributed by atoms with Gasteiger partial charge >= 0.3 is 0 Å². The second-order valence-electron chi connectivity index (χ2n) is 2.30. The number of morpholine rings is 1. The summed E-state index contributed by atoms with van der Waals surface area (Å²) in [4.78, 5) is 0. The van der Waals surface area contributed by atoms with E-state index in [1.54, 1.807) is 0 Å².